The molecular weight excluding hydrogens is 434 g/mol. The highest BCUT2D eigenvalue weighted by Gasteiger charge is 2.17. The lowest BCUT2D eigenvalue weighted by molar-refractivity contribution is -0.112. The van der Waals surface area contributed by atoms with Crippen molar-refractivity contribution in [3.63, 3.8) is 0 Å². The van der Waals surface area contributed by atoms with Gasteiger partial charge in [0, 0.05) is 45.5 Å². The number of nitrogens with zero attached hydrogens (tertiary/aromatic N) is 2. The van der Waals surface area contributed by atoms with E-state index in [1.807, 2.05) is 61.5 Å². The van der Waals surface area contributed by atoms with Crippen LogP contribution < -0.4 is 10.1 Å². The second kappa shape index (κ2) is 9.64. The number of carbonyl (C=O) groups excluding carboxylic acids is 1. The summed E-state index contributed by atoms with van der Waals surface area (Å²) in [5.74, 6) is 0.141. The van der Waals surface area contributed by atoms with E-state index in [1.165, 1.54) is 0 Å². The third-order valence-corrected chi connectivity index (χ3v) is 5.92. The highest BCUT2D eigenvalue weighted by molar-refractivity contribution is 6.31. The second-order valence-electron chi connectivity index (χ2n) is 7.55. The summed E-state index contributed by atoms with van der Waals surface area (Å²) in [5.41, 5.74) is 4.34. The molecule has 4 aromatic rings. The SMILES string of the molecule is COc1cccc(NC(=O)/C(C#N)=C\c2c(C)n(Cc3ccccc3Cl)c3ccccc23)c1. The van der Waals surface area contributed by atoms with E-state index in [0.29, 0.717) is 23.0 Å². The Morgan fingerprint density at radius 1 is 1.12 bits per heavy atom. The normalized spacial score (nSPS) is 11.3. The molecule has 0 saturated carbocycles. The van der Waals surface area contributed by atoms with Crippen LogP contribution in [-0.2, 0) is 11.3 Å². The lowest BCUT2D eigenvalue weighted by atomic mass is 10.1. The van der Waals surface area contributed by atoms with Crippen LogP contribution in [0, 0.1) is 18.3 Å². The molecule has 33 heavy (non-hydrogen) atoms. The molecule has 0 saturated heterocycles. The van der Waals surface area contributed by atoms with E-state index < -0.39 is 5.91 Å². The van der Waals surface area contributed by atoms with Gasteiger partial charge < -0.3 is 14.6 Å². The van der Waals surface area contributed by atoms with Crippen molar-refractivity contribution in [2.45, 2.75) is 13.5 Å². The monoisotopic (exact) mass is 455 g/mol. The van der Waals surface area contributed by atoms with E-state index in [9.17, 15) is 10.1 Å². The standard InChI is InChI=1S/C27H22ClN3O2/c1-18-24(14-20(16-29)27(32)30-21-9-7-10-22(15-21)33-2)23-11-4-6-13-26(23)31(18)17-19-8-3-5-12-25(19)28/h3-15H,17H2,1-2H3,(H,30,32)/b20-14-. The lowest BCUT2D eigenvalue weighted by Gasteiger charge is -2.10. The fourth-order valence-corrected chi connectivity index (χ4v) is 4.03. The molecule has 0 spiro atoms. The van der Waals surface area contributed by atoms with Gasteiger partial charge in [0.05, 0.1) is 7.11 Å². The highest BCUT2D eigenvalue weighted by atomic mass is 35.5. The number of carbonyl (C=O) groups is 1. The average Bonchev–Trinajstić information content (AvgIpc) is 3.09. The van der Waals surface area contributed by atoms with Gasteiger partial charge in [0.25, 0.3) is 5.91 Å². The first-order valence-corrected chi connectivity index (χ1v) is 10.8. The molecule has 164 valence electrons. The fraction of sp³-hybridized carbons (Fsp3) is 0.111. The Hall–Kier alpha value is -4.01. The van der Waals surface area contributed by atoms with E-state index in [-0.39, 0.29) is 5.57 Å². The molecule has 0 aliphatic carbocycles. The molecule has 5 nitrogen and oxygen atoms in total. The zero-order valence-electron chi connectivity index (χ0n) is 18.3. The smallest absolute Gasteiger partial charge is 0.266 e. The summed E-state index contributed by atoms with van der Waals surface area (Å²) in [6, 6.07) is 24.7. The van der Waals surface area contributed by atoms with Crippen LogP contribution in [0.3, 0.4) is 0 Å². The molecule has 6 heteroatoms. The molecule has 1 aromatic heterocycles. The number of fused-ring (bicyclic) bond motifs is 1. The Balaban J connectivity index is 1.74. The Kier molecular flexibility index (Phi) is 6.48. The predicted octanol–water partition coefficient (Wildman–Crippen LogP) is 6.21. The van der Waals surface area contributed by atoms with Gasteiger partial charge in [-0.1, -0.05) is 54.1 Å². The van der Waals surface area contributed by atoms with E-state index >= 15 is 0 Å². The molecule has 0 aliphatic heterocycles. The largest absolute Gasteiger partial charge is 0.497 e. The number of nitriles is 1. The minimum absolute atomic E-state index is 0.0153. The number of nitrogens with one attached hydrogen (secondary N) is 1. The summed E-state index contributed by atoms with van der Waals surface area (Å²) in [5, 5.41) is 14.2. The Morgan fingerprint density at radius 2 is 1.88 bits per heavy atom. The van der Waals surface area contributed by atoms with Crippen LogP contribution in [-0.4, -0.2) is 17.6 Å². The predicted molar refractivity (Wildman–Crippen MR) is 132 cm³/mol. The minimum Gasteiger partial charge on any atom is -0.497 e. The van der Waals surface area contributed by atoms with Crippen LogP contribution in [0.1, 0.15) is 16.8 Å². The molecule has 3 aromatic carbocycles. The molecule has 0 bridgehead atoms. The number of aromatic nitrogens is 1. The highest BCUT2D eigenvalue weighted by Crippen LogP contribution is 2.30. The van der Waals surface area contributed by atoms with Gasteiger partial charge in [-0.25, -0.2) is 0 Å². The van der Waals surface area contributed by atoms with Crippen LogP contribution in [0.25, 0.3) is 17.0 Å². The minimum atomic E-state index is -0.479. The first kappa shape index (κ1) is 22.2. The summed E-state index contributed by atoms with van der Waals surface area (Å²) < 4.78 is 7.35. The van der Waals surface area contributed by atoms with Gasteiger partial charge in [0.1, 0.15) is 17.4 Å². The molecule has 0 radical (unpaired) electrons. The number of ether oxygens (including phenoxy) is 1. The fourth-order valence-electron chi connectivity index (χ4n) is 3.83. The van der Waals surface area contributed by atoms with Crippen molar-refractivity contribution in [2.24, 2.45) is 0 Å². The summed E-state index contributed by atoms with van der Waals surface area (Å²) in [4.78, 5) is 12.9. The maximum absolute atomic E-state index is 12.9. The number of methoxy groups -OCH3 is 1. The van der Waals surface area contributed by atoms with E-state index in [4.69, 9.17) is 16.3 Å². The number of rotatable bonds is 6. The lowest BCUT2D eigenvalue weighted by Crippen LogP contribution is -2.13. The third-order valence-electron chi connectivity index (χ3n) is 5.55. The Morgan fingerprint density at radius 3 is 2.64 bits per heavy atom. The van der Waals surface area contributed by atoms with Crippen LogP contribution >= 0.6 is 11.6 Å². The van der Waals surface area contributed by atoms with Crippen molar-refractivity contribution in [3.05, 3.63) is 100 Å². The first-order valence-electron chi connectivity index (χ1n) is 10.4. The van der Waals surface area contributed by atoms with E-state index in [2.05, 4.69) is 9.88 Å². The quantitative estimate of drug-likeness (QED) is 0.278. The molecule has 0 atom stereocenters. The molecule has 1 heterocycles. The van der Waals surface area contributed by atoms with Crippen molar-refractivity contribution in [1.82, 2.24) is 4.57 Å². The number of hydrogen-bond donors (Lipinski definition) is 1. The molecule has 0 unspecified atom stereocenters. The number of benzene rings is 3. The van der Waals surface area contributed by atoms with Crippen LogP contribution in [0.4, 0.5) is 5.69 Å². The van der Waals surface area contributed by atoms with Crippen molar-refractivity contribution in [2.75, 3.05) is 12.4 Å². The van der Waals surface area contributed by atoms with Gasteiger partial charge in [-0.15, -0.1) is 0 Å². The second-order valence-corrected chi connectivity index (χ2v) is 7.96. The van der Waals surface area contributed by atoms with Crippen molar-refractivity contribution < 1.29 is 9.53 Å². The zero-order chi connectivity index (χ0) is 23.4. The molecule has 0 aliphatic rings. The Labute approximate surface area is 197 Å². The van der Waals surface area contributed by atoms with E-state index in [0.717, 1.165) is 27.7 Å². The number of hydrogen-bond acceptors (Lipinski definition) is 3. The number of amides is 1. The zero-order valence-corrected chi connectivity index (χ0v) is 19.1. The number of anilines is 1. The van der Waals surface area contributed by atoms with Gasteiger partial charge in [-0.05, 0) is 42.8 Å². The average molecular weight is 456 g/mol. The van der Waals surface area contributed by atoms with E-state index in [1.54, 1.807) is 37.5 Å². The number of para-hydroxylation sites is 1. The van der Waals surface area contributed by atoms with Gasteiger partial charge in [-0.3, -0.25) is 4.79 Å². The van der Waals surface area contributed by atoms with Gasteiger partial charge >= 0.3 is 0 Å². The summed E-state index contributed by atoms with van der Waals surface area (Å²) in [6.45, 7) is 2.56. The molecular formula is C27H22ClN3O2. The van der Waals surface area contributed by atoms with Gasteiger partial charge in [-0.2, -0.15) is 5.26 Å². The summed E-state index contributed by atoms with van der Waals surface area (Å²) in [7, 11) is 1.56. The van der Waals surface area contributed by atoms with Crippen molar-refractivity contribution >= 4 is 40.2 Å². The topological polar surface area (TPSA) is 67.0 Å². The van der Waals surface area contributed by atoms with Crippen molar-refractivity contribution in [1.29, 1.82) is 5.26 Å². The molecule has 0 fully saturated rings. The van der Waals surface area contributed by atoms with Gasteiger partial charge in [0.15, 0.2) is 0 Å². The third kappa shape index (κ3) is 4.62. The Bertz CT molecular complexity index is 1410. The van der Waals surface area contributed by atoms with Crippen molar-refractivity contribution in [3.8, 4) is 11.8 Å². The van der Waals surface area contributed by atoms with Crippen LogP contribution in [0.15, 0.2) is 78.4 Å². The van der Waals surface area contributed by atoms with Gasteiger partial charge in [0.2, 0.25) is 0 Å². The molecule has 1 N–H and O–H groups in total. The van der Waals surface area contributed by atoms with Crippen LogP contribution in [0.2, 0.25) is 5.02 Å². The number of halogens is 1. The maximum Gasteiger partial charge on any atom is 0.266 e. The summed E-state index contributed by atoms with van der Waals surface area (Å²) in [6.07, 6.45) is 1.65. The first-order chi connectivity index (χ1) is 16.0. The molecule has 4 rings (SSSR count). The maximum atomic E-state index is 12.9. The van der Waals surface area contributed by atoms with Crippen LogP contribution in [0.5, 0.6) is 5.75 Å². The molecule has 1 amide bonds. The summed E-state index contributed by atoms with van der Waals surface area (Å²) >= 11 is 6.40.